The predicted octanol–water partition coefficient (Wildman–Crippen LogP) is 3.83. The van der Waals surface area contributed by atoms with E-state index in [1.807, 2.05) is 0 Å². The lowest BCUT2D eigenvalue weighted by Crippen LogP contribution is -2.54. The van der Waals surface area contributed by atoms with Gasteiger partial charge in [-0.1, -0.05) is 41.4 Å². The van der Waals surface area contributed by atoms with E-state index >= 15 is 0 Å². The number of benzene rings is 2. The van der Waals surface area contributed by atoms with Crippen LogP contribution in [0, 0.1) is 0 Å². The molecule has 1 heterocycles. The minimum Gasteiger partial charge on any atom is -0.496 e. The van der Waals surface area contributed by atoms with Crippen LogP contribution in [0.1, 0.15) is 5.56 Å². The molecular formula is C18H12Cl2N2O3S. The number of nitrogens with one attached hydrogen (secondary N) is 1. The highest BCUT2D eigenvalue weighted by atomic mass is 35.5. The SMILES string of the molecule is COc1ccccc1/C=C1/C(=O)NC(=S)N(c2ccc(Cl)cc2Cl)C1=O. The number of rotatable bonds is 3. The van der Waals surface area contributed by atoms with Crippen LogP contribution in [-0.4, -0.2) is 24.0 Å². The summed E-state index contributed by atoms with van der Waals surface area (Å²) in [5, 5.41) is 3.11. The maximum atomic E-state index is 13.0. The maximum Gasteiger partial charge on any atom is 0.270 e. The Kier molecular flexibility index (Phi) is 5.27. The highest BCUT2D eigenvalue weighted by Gasteiger charge is 2.35. The number of methoxy groups -OCH3 is 1. The minimum absolute atomic E-state index is 0.0543. The van der Waals surface area contributed by atoms with Crippen molar-refractivity contribution in [2.45, 2.75) is 0 Å². The van der Waals surface area contributed by atoms with Crippen LogP contribution >= 0.6 is 35.4 Å². The quantitative estimate of drug-likeness (QED) is 0.477. The van der Waals surface area contributed by atoms with E-state index in [0.29, 0.717) is 22.0 Å². The van der Waals surface area contributed by atoms with Gasteiger partial charge in [0.1, 0.15) is 11.3 Å². The first kappa shape index (κ1) is 18.4. The van der Waals surface area contributed by atoms with Gasteiger partial charge in [-0.25, -0.2) is 0 Å². The number of hydrogen-bond acceptors (Lipinski definition) is 4. The molecule has 1 N–H and O–H groups in total. The van der Waals surface area contributed by atoms with Crippen LogP contribution in [0.2, 0.25) is 10.0 Å². The van der Waals surface area contributed by atoms with Gasteiger partial charge in [-0.2, -0.15) is 0 Å². The van der Waals surface area contributed by atoms with Crippen LogP contribution in [0.25, 0.3) is 6.08 Å². The number of amides is 2. The fourth-order valence-electron chi connectivity index (χ4n) is 2.48. The molecule has 3 rings (SSSR count). The van der Waals surface area contributed by atoms with Crippen molar-refractivity contribution in [1.82, 2.24) is 5.32 Å². The van der Waals surface area contributed by atoms with Crippen molar-refractivity contribution in [3.8, 4) is 5.75 Å². The van der Waals surface area contributed by atoms with E-state index in [-0.39, 0.29) is 15.7 Å². The van der Waals surface area contributed by atoms with Gasteiger partial charge in [0.15, 0.2) is 5.11 Å². The molecule has 1 aliphatic rings. The number of carbonyl (C=O) groups excluding carboxylic acids is 2. The predicted molar refractivity (Wildman–Crippen MR) is 106 cm³/mol. The normalized spacial score (nSPS) is 16.0. The van der Waals surface area contributed by atoms with E-state index in [9.17, 15) is 9.59 Å². The van der Waals surface area contributed by atoms with Crippen molar-refractivity contribution < 1.29 is 14.3 Å². The molecule has 5 nitrogen and oxygen atoms in total. The highest BCUT2D eigenvalue weighted by Crippen LogP contribution is 2.32. The minimum atomic E-state index is -0.591. The van der Waals surface area contributed by atoms with Crippen LogP contribution in [-0.2, 0) is 9.59 Å². The van der Waals surface area contributed by atoms with E-state index in [0.717, 1.165) is 4.90 Å². The summed E-state index contributed by atoms with van der Waals surface area (Å²) in [5.41, 5.74) is 0.828. The van der Waals surface area contributed by atoms with Gasteiger partial charge in [-0.15, -0.1) is 0 Å². The summed E-state index contributed by atoms with van der Waals surface area (Å²) >= 11 is 17.3. The van der Waals surface area contributed by atoms with Gasteiger partial charge < -0.3 is 4.74 Å². The smallest absolute Gasteiger partial charge is 0.270 e. The molecule has 8 heteroatoms. The third-order valence-corrected chi connectivity index (χ3v) is 4.51. The molecule has 0 aromatic heterocycles. The third-order valence-electron chi connectivity index (χ3n) is 3.69. The van der Waals surface area contributed by atoms with Crippen molar-refractivity contribution in [1.29, 1.82) is 0 Å². The first-order chi connectivity index (χ1) is 12.4. The summed E-state index contributed by atoms with van der Waals surface area (Å²) in [6, 6.07) is 11.7. The van der Waals surface area contributed by atoms with Crippen molar-refractivity contribution in [3.05, 3.63) is 63.6 Å². The molecule has 26 heavy (non-hydrogen) atoms. The van der Waals surface area contributed by atoms with Crippen LogP contribution in [0.5, 0.6) is 5.75 Å². The van der Waals surface area contributed by atoms with Crippen molar-refractivity contribution >= 4 is 64.1 Å². The Labute approximate surface area is 165 Å². The van der Waals surface area contributed by atoms with E-state index in [1.165, 1.54) is 19.3 Å². The summed E-state index contributed by atoms with van der Waals surface area (Å²) in [5.74, 6) is -0.647. The average molecular weight is 407 g/mol. The fraction of sp³-hybridized carbons (Fsp3) is 0.0556. The zero-order chi connectivity index (χ0) is 18.8. The molecule has 1 saturated heterocycles. The highest BCUT2D eigenvalue weighted by molar-refractivity contribution is 7.80. The lowest BCUT2D eigenvalue weighted by atomic mass is 10.1. The molecule has 0 radical (unpaired) electrons. The molecule has 2 aromatic rings. The van der Waals surface area contributed by atoms with Gasteiger partial charge in [0.2, 0.25) is 0 Å². The number of nitrogens with zero attached hydrogens (tertiary/aromatic N) is 1. The van der Waals surface area contributed by atoms with Gasteiger partial charge in [0, 0.05) is 10.6 Å². The molecule has 2 amide bonds. The average Bonchev–Trinajstić information content (AvgIpc) is 2.60. The molecule has 0 spiro atoms. The van der Waals surface area contributed by atoms with E-state index in [2.05, 4.69) is 5.32 Å². The molecule has 0 aliphatic carbocycles. The Balaban J connectivity index is 2.07. The Morgan fingerprint density at radius 3 is 2.58 bits per heavy atom. The zero-order valence-electron chi connectivity index (χ0n) is 13.5. The van der Waals surface area contributed by atoms with Crippen molar-refractivity contribution in [2.75, 3.05) is 12.0 Å². The molecule has 0 unspecified atom stereocenters. The number of ether oxygens (including phenoxy) is 1. The third kappa shape index (κ3) is 3.44. The summed E-state index contributed by atoms with van der Waals surface area (Å²) < 4.78 is 5.26. The first-order valence-electron chi connectivity index (χ1n) is 7.42. The Hall–Kier alpha value is -2.41. The first-order valence-corrected chi connectivity index (χ1v) is 8.58. The molecule has 0 atom stereocenters. The van der Waals surface area contributed by atoms with E-state index < -0.39 is 11.8 Å². The standard InChI is InChI=1S/C18H12Cl2N2O3S/c1-25-15-5-3-2-4-10(15)8-12-16(23)21-18(26)22(17(12)24)14-7-6-11(19)9-13(14)20/h2-9H,1H3,(H,21,23,26)/b12-8-. The zero-order valence-corrected chi connectivity index (χ0v) is 15.8. The van der Waals surface area contributed by atoms with E-state index in [4.69, 9.17) is 40.2 Å². The fourth-order valence-corrected chi connectivity index (χ4v) is 3.25. The largest absolute Gasteiger partial charge is 0.496 e. The summed E-state index contributed by atoms with van der Waals surface area (Å²) in [6.07, 6.45) is 1.45. The second-order valence-electron chi connectivity index (χ2n) is 5.30. The molecule has 1 aliphatic heterocycles. The molecule has 2 aromatic carbocycles. The lowest BCUT2D eigenvalue weighted by Gasteiger charge is -2.29. The molecular weight excluding hydrogens is 395 g/mol. The number of para-hydroxylation sites is 1. The Morgan fingerprint density at radius 2 is 1.88 bits per heavy atom. The number of carbonyl (C=O) groups is 2. The lowest BCUT2D eigenvalue weighted by molar-refractivity contribution is -0.122. The monoisotopic (exact) mass is 406 g/mol. The van der Waals surface area contributed by atoms with Gasteiger partial charge in [-0.3, -0.25) is 19.8 Å². The van der Waals surface area contributed by atoms with E-state index in [1.54, 1.807) is 36.4 Å². The van der Waals surface area contributed by atoms with Crippen LogP contribution in [0.3, 0.4) is 0 Å². The topological polar surface area (TPSA) is 58.6 Å². The van der Waals surface area contributed by atoms with Crippen LogP contribution < -0.4 is 15.0 Å². The van der Waals surface area contributed by atoms with Crippen molar-refractivity contribution in [3.63, 3.8) is 0 Å². The number of thiocarbonyl (C=S) groups is 1. The second-order valence-corrected chi connectivity index (χ2v) is 6.53. The Morgan fingerprint density at radius 1 is 1.15 bits per heavy atom. The molecule has 1 fully saturated rings. The summed E-state index contributed by atoms with van der Waals surface area (Å²) in [6.45, 7) is 0. The summed E-state index contributed by atoms with van der Waals surface area (Å²) in [7, 11) is 1.51. The van der Waals surface area contributed by atoms with Gasteiger partial charge in [0.05, 0.1) is 17.8 Å². The van der Waals surface area contributed by atoms with Crippen LogP contribution in [0.4, 0.5) is 5.69 Å². The number of hydrogen-bond donors (Lipinski definition) is 1. The molecule has 0 saturated carbocycles. The van der Waals surface area contributed by atoms with Gasteiger partial charge >= 0.3 is 0 Å². The van der Waals surface area contributed by atoms with Gasteiger partial charge in [0.25, 0.3) is 11.8 Å². The van der Waals surface area contributed by atoms with Gasteiger partial charge in [-0.05, 0) is 42.6 Å². The number of halogens is 2. The maximum absolute atomic E-state index is 13.0. The van der Waals surface area contributed by atoms with Crippen LogP contribution in [0.15, 0.2) is 48.0 Å². The molecule has 0 bridgehead atoms. The number of anilines is 1. The Bertz CT molecular complexity index is 959. The molecule has 132 valence electrons. The second kappa shape index (κ2) is 7.45. The summed E-state index contributed by atoms with van der Waals surface area (Å²) in [4.78, 5) is 26.5. The van der Waals surface area contributed by atoms with Crippen molar-refractivity contribution in [2.24, 2.45) is 0 Å².